The maximum Gasteiger partial charge on any atom is 0.223 e. The number of nitrogens with zero attached hydrogens (tertiary/aromatic N) is 4. The van der Waals surface area contributed by atoms with Crippen LogP contribution >= 0.6 is 0 Å². The van der Waals surface area contributed by atoms with Crippen LogP contribution in [0.2, 0.25) is 0 Å². The van der Waals surface area contributed by atoms with Crippen molar-refractivity contribution in [2.24, 2.45) is 5.41 Å². The quantitative estimate of drug-likeness (QED) is 0.430. The molecule has 2 aromatic carbocycles. The van der Waals surface area contributed by atoms with Gasteiger partial charge in [0, 0.05) is 44.1 Å². The van der Waals surface area contributed by atoms with Crippen LogP contribution in [0.1, 0.15) is 62.5 Å². The van der Waals surface area contributed by atoms with E-state index < -0.39 is 0 Å². The van der Waals surface area contributed by atoms with Crippen molar-refractivity contribution in [3.05, 3.63) is 77.1 Å². The molecule has 6 heteroatoms. The smallest absolute Gasteiger partial charge is 0.223 e. The molecule has 0 saturated heterocycles. The standard InChI is InChI=1S/C30H38N4O2/c1-30(2,3)18-29(35)33(23-12-13-23)21-27-26-20-32(19-22-10-14-25(36-4)15-11-22)17-16-28(26)34(31-27)24-8-6-5-7-9-24/h5-11,14-15,23H,12-13,16-21H2,1-4H3. The molecule has 0 N–H and O–H groups in total. The summed E-state index contributed by atoms with van der Waals surface area (Å²) in [7, 11) is 1.70. The molecule has 2 aliphatic rings. The van der Waals surface area contributed by atoms with E-state index in [1.807, 2.05) is 18.2 Å². The van der Waals surface area contributed by atoms with Crippen molar-refractivity contribution in [3.63, 3.8) is 0 Å². The molecule has 1 aliphatic heterocycles. The van der Waals surface area contributed by atoms with Crippen LogP contribution in [-0.2, 0) is 30.8 Å². The molecule has 190 valence electrons. The first kappa shape index (κ1) is 24.6. The predicted molar refractivity (Wildman–Crippen MR) is 142 cm³/mol. The van der Waals surface area contributed by atoms with Crippen molar-refractivity contribution in [2.75, 3.05) is 13.7 Å². The third kappa shape index (κ3) is 5.65. The van der Waals surface area contributed by atoms with Crippen LogP contribution in [0.15, 0.2) is 54.6 Å². The highest BCUT2D eigenvalue weighted by molar-refractivity contribution is 5.77. The highest BCUT2D eigenvalue weighted by Crippen LogP contribution is 2.34. The van der Waals surface area contributed by atoms with Gasteiger partial charge in [-0.15, -0.1) is 0 Å². The molecule has 2 heterocycles. The normalized spacial score (nSPS) is 16.0. The van der Waals surface area contributed by atoms with Crippen LogP contribution in [-0.4, -0.2) is 45.2 Å². The molecular formula is C30H38N4O2. The molecule has 1 fully saturated rings. The van der Waals surface area contributed by atoms with Crippen molar-refractivity contribution in [3.8, 4) is 11.4 Å². The van der Waals surface area contributed by atoms with Gasteiger partial charge in [0.05, 0.1) is 30.7 Å². The van der Waals surface area contributed by atoms with E-state index >= 15 is 0 Å². The number of benzene rings is 2. The van der Waals surface area contributed by atoms with Gasteiger partial charge in [-0.2, -0.15) is 5.10 Å². The number of para-hydroxylation sites is 1. The lowest BCUT2D eigenvalue weighted by molar-refractivity contribution is -0.134. The lowest BCUT2D eigenvalue weighted by atomic mass is 9.91. The Bertz CT molecular complexity index is 1190. The Balaban J connectivity index is 1.43. The zero-order chi connectivity index (χ0) is 25.3. The van der Waals surface area contributed by atoms with Crippen molar-refractivity contribution in [1.82, 2.24) is 19.6 Å². The molecule has 6 nitrogen and oxygen atoms in total. The van der Waals surface area contributed by atoms with Gasteiger partial charge in [-0.25, -0.2) is 4.68 Å². The molecule has 0 radical (unpaired) electrons. The first-order chi connectivity index (χ1) is 17.3. The molecule has 0 bridgehead atoms. The Hall–Kier alpha value is -3.12. The maximum atomic E-state index is 13.3. The number of ether oxygens (including phenoxy) is 1. The van der Waals surface area contributed by atoms with Crippen LogP contribution in [0, 0.1) is 5.41 Å². The van der Waals surface area contributed by atoms with Crippen LogP contribution in [0.5, 0.6) is 5.75 Å². The first-order valence-corrected chi connectivity index (χ1v) is 13.1. The van der Waals surface area contributed by atoms with Gasteiger partial charge in [0.15, 0.2) is 0 Å². The largest absolute Gasteiger partial charge is 0.497 e. The molecule has 1 aliphatic carbocycles. The Labute approximate surface area is 214 Å². The summed E-state index contributed by atoms with van der Waals surface area (Å²) >= 11 is 0. The number of aromatic nitrogens is 2. The fraction of sp³-hybridized carbons (Fsp3) is 0.467. The second-order valence-electron chi connectivity index (χ2n) is 11.4. The van der Waals surface area contributed by atoms with Crippen molar-refractivity contribution in [1.29, 1.82) is 0 Å². The molecule has 0 spiro atoms. The van der Waals surface area contributed by atoms with Gasteiger partial charge >= 0.3 is 0 Å². The molecule has 5 rings (SSSR count). The summed E-state index contributed by atoms with van der Waals surface area (Å²) in [6.45, 7) is 9.71. The van der Waals surface area contributed by atoms with E-state index in [9.17, 15) is 4.79 Å². The minimum Gasteiger partial charge on any atom is -0.497 e. The van der Waals surface area contributed by atoms with Gasteiger partial charge in [-0.05, 0) is 48.1 Å². The molecule has 3 aromatic rings. The number of carbonyl (C=O) groups is 1. The summed E-state index contributed by atoms with van der Waals surface area (Å²) in [6, 6.07) is 19.1. The SMILES string of the molecule is COc1ccc(CN2CCc3c(c(CN(C(=O)CC(C)(C)C)C4CC4)nn3-c3ccccc3)C2)cc1. The lowest BCUT2D eigenvalue weighted by Crippen LogP contribution is -2.36. The van der Waals surface area contributed by atoms with E-state index in [4.69, 9.17) is 9.84 Å². The Morgan fingerprint density at radius 1 is 1.08 bits per heavy atom. The van der Waals surface area contributed by atoms with E-state index in [0.717, 1.165) is 56.0 Å². The van der Waals surface area contributed by atoms with E-state index in [0.29, 0.717) is 19.0 Å². The number of hydrogen-bond donors (Lipinski definition) is 0. The fourth-order valence-corrected chi connectivity index (χ4v) is 5.10. The van der Waals surface area contributed by atoms with Gasteiger partial charge in [0.2, 0.25) is 5.91 Å². The summed E-state index contributed by atoms with van der Waals surface area (Å²) in [4.78, 5) is 17.9. The average molecular weight is 487 g/mol. The van der Waals surface area contributed by atoms with Crippen LogP contribution < -0.4 is 4.74 Å². The topological polar surface area (TPSA) is 50.6 Å². The van der Waals surface area contributed by atoms with Gasteiger partial charge in [0.25, 0.3) is 0 Å². The van der Waals surface area contributed by atoms with E-state index in [1.54, 1.807) is 7.11 Å². The fourth-order valence-electron chi connectivity index (χ4n) is 5.10. The molecule has 1 saturated carbocycles. The van der Waals surface area contributed by atoms with Crippen LogP contribution in [0.4, 0.5) is 0 Å². The third-order valence-corrected chi connectivity index (χ3v) is 7.10. The van der Waals surface area contributed by atoms with E-state index in [-0.39, 0.29) is 11.3 Å². The minimum absolute atomic E-state index is 0.0256. The Morgan fingerprint density at radius 2 is 1.81 bits per heavy atom. The number of fused-ring (bicyclic) bond motifs is 1. The number of rotatable bonds is 8. The van der Waals surface area contributed by atoms with E-state index in [2.05, 4.69) is 71.7 Å². The van der Waals surface area contributed by atoms with Gasteiger partial charge in [-0.1, -0.05) is 51.1 Å². The molecular weight excluding hydrogens is 448 g/mol. The lowest BCUT2D eigenvalue weighted by Gasteiger charge is -2.29. The molecule has 0 atom stereocenters. The summed E-state index contributed by atoms with van der Waals surface area (Å²) in [5.74, 6) is 1.13. The highest BCUT2D eigenvalue weighted by Gasteiger charge is 2.36. The minimum atomic E-state index is -0.0256. The summed E-state index contributed by atoms with van der Waals surface area (Å²) in [6.07, 6.45) is 3.70. The van der Waals surface area contributed by atoms with Crippen LogP contribution in [0.3, 0.4) is 0 Å². The maximum absolute atomic E-state index is 13.3. The van der Waals surface area contributed by atoms with Crippen LogP contribution in [0.25, 0.3) is 5.69 Å². The predicted octanol–water partition coefficient (Wildman–Crippen LogP) is 5.37. The van der Waals surface area contributed by atoms with Crippen molar-refractivity contribution < 1.29 is 9.53 Å². The number of carbonyl (C=O) groups excluding carboxylic acids is 1. The summed E-state index contributed by atoms with van der Waals surface area (Å²) in [5, 5.41) is 5.13. The monoisotopic (exact) mass is 486 g/mol. The Morgan fingerprint density at radius 3 is 2.44 bits per heavy atom. The average Bonchev–Trinajstić information content (AvgIpc) is 3.64. The second-order valence-corrected chi connectivity index (χ2v) is 11.4. The summed E-state index contributed by atoms with van der Waals surface area (Å²) in [5.41, 5.74) is 5.94. The third-order valence-electron chi connectivity index (χ3n) is 7.10. The molecule has 1 aromatic heterocycles. The van der Waals surface area contributed by atoms with E-state index in [1.165, 1.54) is 16.8 Å². The highest BCUT2D eigenvalue weighted by atomic mass is 16.5. The second kappa shape index (κ2) is 10.1. The number of amides is 1. The number of methoxy groups -OCH3 is 1. The number of hydrogen-bond acceptors (Lipinski definition) is 4. The zero-order valence-electron chi connectivity index (χ0n) is 22.0. The van der Waals surface area contributed by atoms with Gasteiger partial charge in [0.1, 0.15) is 5.75 Å². The molecule has 0 unspecified atom stereocenters. The molecule has 1 amide bonds. The van der Waals surface area contributed by atoms with Gasteiger partial charge in [-0.3, -0.25) is 9.69 Å². The van der Waals surface area contributed by atoms with Crippen molar-refractivity contribution >= 4 is 5.91 Å². The zero-order valence-corrected chi connectivity index (χ0v) is 22.0. The molecule has 36 heavy (non-hydrogen) atoms. The Kier molecular flexibility index (Phi) is 6.89. The first-order valence-electron chi connectivity index (χ1n) is 13.1. The summed E-state index contributed by atoms with van der Waals surface area (Å²) < 4.78 is 7.44. The van der Waals surface area contributed by atoms with Gasteiger partial charge < -0.3 is 9.64 Å². The van der Waals surface area contributed by atoms with Crippen molar-refractivity contribution in [2.45, 2.75) is 72.1 Å².